The molecule has 5 heteroatoms. The molecule has 0 aromatic carbocycles. The Labute approximate surface area is 61.6 Å². The molecule has 0 radical (unpaired) electrons. The molecule has 0 aromatic heterocycles. The van der Waals surface area contributed by atoms with Crippen molar-refractivity contribution in [1.29, 1.82) is 5.26 Å². The van der Waals surface area contributed by atoms with Crippen molar-refractivity contribution in [2.24, 2.45) is 0 Å². The first-order valence-corrected chi connectivity index (χ1v) is 2.62. The molecule has 0 fully saturated rings. The van der Waals surface area contributed by atoms with E-state index in [-0.39, 0.29) is 0 Å². The molecule has 1 unspecified atom stereocenters. The predicted molar refractivity (Wildman–Crippen MR) is 31.4 cm³/mol. The lowest BCUT2D eigenvalue weighted by Crippen LogP contribution is -2.43. The third-order valence-corrected chi connectivity index (χ3v) is 1.27. The average molecular weight is 165 g/mol. The first-order chi connectivity index (χ1) is 4.73. The standard InChI is InChI=1S/C6H6F3NO/c1-4(3-10)5(2,11)6(7,8)9/h11H,1H2,2H3. The summed E-state index contributed by atoms with van der Waals surface area (Å²) in [5, 5.41) is 16.7. The fourth-order valence-corrected chi connectivity index (χ4v) is 0.280. The highest BCUT2D eigenvalue weighted by Crippen LogP contribution is 2.34. The summed E-state index contributed by atoms with van der Waals surface area (Å²) >= 11 is 0. The lowest BCUT2D eigenvalue weighted by Gasteiger charge is -2.24. The number of rotatable bonds is 1. The van der Waals surface area contributed by atoms with Crippen LogP contribution >= 0.6 is 0 Å². The zero-order chi connectivity index (χ0) is 9.28. The third kappa shape index (κ3) is 1.71. The SMILES string of the molecule is C=C(C#N)C(C)(O)C(F)(F)F. The second-order valence-corrected chi connectivity index (χ2v) is 2.16. The van der Waals surface area contributed by atoms with Gasteiger partial charge in [-0.15, -0.1) is 0 Å². The van der Waals surface area contributed by atoms with E-state index < -0.39 is 17.4 Å². The molecule has 1 N–H and O–H groups in total. The molecule has 0 aliphatic rings. The molecule has 62 valence electrons. The van der Waals surface area contributed by atoms with Crippen LogP contribution in [0.25, 0.3) is 0 Å². The van der Waals surface area contributed by atoms with Crippen molar-refractivity contribution in [3.05, 3.63) is 12.2 Å². The fourth-order valence-electron chi connectivity index (χ4n) is 0.280. The highest BCUT2D eigenvalue weighted by Gasteiger charge is 2.52. The third-order valence-electron chi connectivity index (χ3n) is 1.27. The Morgan fingerprint density at radius 2 is 1.91 bits per heavy atom. The van der Waals surface area contributed by atoms with E-state index >= 15 is 0 Å². The van der Waals surface area contributed by atoms with Crippen molar-refractivity contribution in [3.8, 4) is 6.07 Å². The normalized spacial score (nSPS) is 16.7. The number of halogens is 3. The molecule has 0 aromatic rings. The molecular formula is C6H6F3NO. The van der Waals surface area contributed by atoms with Crippen molar-refractivity contribution in [2.45, 2.75) is 18.7 Å². The minimum Gasteiger partial charge on any atom is -0.376 e. The highest BCUT2D eigenvalue weighted by molar-refractivity contribution is 5.28. The van der Waals surface area contributed by atoms with Crippen LogP contribution in [0.2, 0.25) is 0 Å². The minimum absolute atomic E-state index is 0.485. The van der Waals surface area contributed by atoms with Crippen LogP contribution < -0.4 is 0 Å². The van der Waals surface area contributed by atoms with Crippen LogP contribution in [-0.2, 0) is 0 Å². The van der Waals surface area contributed by atoms with E-state index in [1.165, 1.54) is 0 Å². The van der Waals surface area contributed by atoms with Crippen molar-refractivity contribution in [3.63, 3.8) is 0 Å². The van der Waals surface area contributed by atoms with Gasteiger partial charge in [0.2, 0.25) is 0 Å². The number of aliphatic hydroxyl groups is 1. The molecule has 0 amide bonds. The summed E-state index contributed by atoms with van der Waals surface area (Å²) < 4.78 is 35.4. The molecule has 0 saturated heterocycles. The van der Waals surface area contributed by atoms with Gasteiger partial charge in [-0.1, -0.05) is 6.58 Å². The Hall–Kier alpha value is -1.02. The first-order valence-electron chi connectivity index (χ1n) is 2.62. The van der Waals surface area contributed by atoms with Crippen molar-refractivity contribution in [1.82, 2.24) is 0 Å². The lowest BCUT2D eigenvalue weighted by atomic mass is 9.98. The second-order valence-electron chi connectivity index (χ2n) is 2.16. The minimum atomic E-state index is -4.85. The Morgan fingerprint density at radius 1 is 1.55 bits per heavy atom. The molecule has 0 aliphatic carbocycles. The molecule has 0 saturated carbocycles. The van der Waals surface area contributed by atoms with Crippen LogP contribution in [0, 0.1) is 11.3 Å². The maximum atomic E-state index is 11.8. The Morgan fingerprint density at radius 3 is 2.00 bits per heavy atom. The van der Waals surface area contributed by atoms with E-state index in [4.69, 9.17) is 10.4 Å². The summed E-state index contributed by atoms with van der Waals surface area (Å²) in [6.07, 6.45) is -4.85. The molecule has 2 nitrogen and oxygen atoms in total. The Kier molecular flexibility index (Phi) is 2.31. The zero-order valence-corrected chi connectivity index (χ0v) is 5.74. The number of nitriles is 1. The Balaban J connectivity index is 4.77. The van der Waals surface area contributed by atoms with Crippen LogP contribution in [0.15, 0.2) is 12.2 Å². The summed E-state index contributed by atoms with van der Waals surface area (Å²) in [4.78, 5) is 0. The van der Waals surface area contributed by atoms with Gasteiger partial charge in [-0.05, 0) is 6.92 Å². The topological polar surface area (TPSA) is 44.0 Å². The van der Waals surface area contributed by atoms with Gasteiger partial charge < -0.3 is 5.11 Å². The summed E-state index contributed by atoms with van der Waals surface area (Å²) in [7, 11) is 0. The van der Waals surface area contributed by atoms with Gasteiger partial charge in [0.05, 0.1) is 11.6 Å². The van der Waals surface area contributed by atoms with Gasteiger partial charge in [-0.2, -0.15) is 18.4 Å². The van der Waals surface area contributed by atoms with Crippen LogP contribution in [0.5, 0.6) is 0 Å². The molecule has 11 heavy (non-hydrogen) atoms. The van der Waals surface area contributed by atoms with Crippen LogP contribution in [-0.4, -0.2) is 16.9 Å². The van der Waals surface area contributed by atoms with Gasteiger partial charge in [0, 0.05) is 0 Å². The number of hydrogen-bond donors (Lipinski definition) is 1. The van der Waals surface area contributed by atoms with Crippen LogP contribution in [0.1, 0.15) is 6.92 Å². The summed E-state index contributed by atoms with van der Waals surface area (Å²) in [5.74, 6) is 0. The molecular weight excluding hydrogens is 159 g/mol. The molecule has 0 heterocycles. The zero-order valence-electron chi connectivity index (χ0n) is 5.74. The van der Waals surface area contributed by atoms with Gasteiger partial charge in [-0.3, -0.25) is 0 Å². The van der Waals surface area contributed by atoms with Gasteiger partial charge in [0.15, 0.2) is 5.60 Å². The van der Waals surface area contributed by atoms with Crippen molar-refractivity contribution >= 4 is 0 Å². The average Bonchev–Trinajstić information content (AvgIpc) is 1.83. The van der Waals surface area contributed by atoms with E-state index in [2.05, 4.69) is 6.58 Å². The molecule has 0 rings (SSSR count). The monoisotopic (exact) mass is 165 g/mol. The maximum Gasteiger partial charge on any atom is 0.421 e. The second kappa shape index (κ2) is 2.55. The van der Waals surface area contributed by atoms with Gasteiger partial charge in [-0.25, -0.2) is 0 Å². The van der Waals surface area contributed by atoms with Crippen molar-refractivity contribution in [2.75, 3.05) is 0 Å². The summed E-state index contributed by atoms with van der Waals surface area (Å²) in [6.45, 7) is 3.26. The number of nitrogens with zero attached hydrogens (tertiary/aromatic N) is 1. The van der Waals surface area contributed by atoms with Gasteiger partial charge in [0.1, 0.15) is 0 Å². The smallest absolute Gasteiger partial charge is 0.376 e. The van der Waals surface area contributed by atoms with E-state index in [1.54, 1.807) is 0 Å². The van der Waals surface area contributed by atoms with E-state index in [0.717, 1.165) is 6.07 Å². The highest BCUT2D eigenvalue weighted by atomic mass is 19.4. The fraction of sp³-hybridized carbons (Fsp3) is 0.500. The largest absolute Gasteiger partial charge is 0.421 e. The Bertz CT molecular complexity index is 211. The maximum absolute atomic E-state index is 11.8. The number of hydrogen-bond acceptors (Lipinski definition) is 2. The summed E-state index contributed by atoms with van der Waals surface area (Å²) in [5.41, 5.74) is -4.02. The molecule has 0 spiro atoms. The van der Waals surface area contributed by atoms with E-state index in [1.807, 2.05) is 0 Å². The molecule has 1 atom stereocenters. The van der Waals surface area contributed by atoms with Crippen molar-refractivity contribution < 1.29 is 18.3 Å². The first kappa shape index (κ1) is 9.98. The quantitative estimate of drug-likeness (QED) is 0.596. The van der Waals surface area contributed by atoms with Gasteiger partial charge >= 0.3 is 6.18 Å². The van der Waals surface area contributed by atoms with Crippen LogP contribution in [0.4, 0.5) is 13.2 Å². The number of alkyl halides is 3. The van der Waals surface area contributed by atoms with E-state index in [9.17, 15) is 13.2 Å². The predicted octanol–water partition coefficient (Wildman–Crippen LogP) is 1.38. The van der Waals surface area contributed by atoms with Crippen LogP contribution in [0.3, 0.4) is 0 Å². The molecule has 0 bridgehead atoms. The van der Waals surface area contributed by atoms with E-state index in [0.29, 0.717) is 6.92 Å². The van der Waals surface area contributed by atoms with Gasteiger partial charge in [0.25, 0.3) is 0 Å². The lowest BCUT2D eigenvalue weighted by molar-refractivity contribution is -0.235. The molecule has 0 aliphatic heterocycles. The summed E-state index contributed by atoms with van der Waals surface area (Å²) in [6, 6.07) is 1.15.